The maximum Gasteiger partial charge on any atom is 0.416 e. The second kappa shape index (κ2) is 14.6. The molecule has 0 spiro atoms. The van der Waals surface area contributed by atoms with Gasteiger partial charge in [-0.2, -0.15) is 18.3 Å². The molecule has 51 heavy (non-hydrogen) atoms. The van der Waals surface area contributed by atoms with Gasteiger partial charge in [-0.1, -0.05) is 36.4 Å². The maximum atomic E-state index is 14.4. The number of esters is 1. The van der Waals surface area contributed by atoms with Crippen molar-refractivity contribution in [3.05, 3.63) is 125 Å². The van der Waals surface area contributed by atoms with Crippen molar-refractivity contribution >= 4 is 29.5 Å². The number of nitrogens with one attached hydrogen (secondary N) is 2. The zero-order chi connectivity index (χ0) is 37.1. The highest BCUT2D eigenvalue weighted by Gasteiger charge is 2.46. The normalized spacial score (nSPS) is 16.2. The van der Waals surface area contributed by atoms with Crippen LogP contribution in [0.4, 0.5) is 23.4 Å². The molecule has 0 bridgehead atoms. The molecular weight excluding hydrogens is 670 g/mol. The molecule has 2 heterocycles. The molecule has 1 aliphatic heterocycles. The fraction of sp³-hybridized carbons (Fsp3) is 0.270. The van der Waals surface area contributed by atoms with Gasteiger partial charge >= 0.3 is 12.1 Å². The van der Waals surface area contributed by atoms with Gasteiger partial charge in [0.05, 0.1) is 23.5 Å². The Hall–Kier alpha value is -5.79. The highest BCUT2D eigenvalue weighted by molar-refractivity contribution is 6.05. The molecule has 4 aromatic rings. The number of hydrogen-bond acceptors (Lipinski definition) is 6. The van der Waals surface area contributed by atoms with Gasteiger partial charge in [0, 0.05) is 35.7 Å². The molecule has 0 saturated carbocycles. The SMILES string of the molecule is CCN1C(=O)[C@@H](NC(=O)c2cccc(C(F)(F)F)c2)[C@@H](c2ccc(F)cc2)c2c(CNC(=O)/C=C/C(=O)OC(C)(C)C)nn(-c3ccccc3)c21. The Morgan fingerprint density at radius 1 is 0.941 bits per heavy atom. The van der Waals surface area contributed by atoms with Crippen LogP contribution in [0, 0.1) is 5.82 Å². The van der Waals surface area contributed by atoms with Crippen LogP contribution < -0.4 is 15.5 Å². The number of halogens is 4. The summed E-state index contributed by atoms with van der Waals surface area (Å²) in [4.78, 5) is 54.4. The molecule has 5 rings (SSSR count). The topological polar surface area (TPSA) is 123 Å². The number of aromatic nitrogens is 2. The quantitative estimate of drug-likeness (QED) is 0.128. The van der Waals surface area contributed by atoms with Crippen molar-refractivity contribution in [2.75, 3.05) is 11.4 Å². The Morgan fingerprint density at radius 3 is 2.25 bits per heavy atom. The van der Waals surface area contributed by atoms with Gasteiger partial charge in [0.15, 0.2) is 0 Å². The van der Waals surface area contributed by atoms with Gasteiger partial charge in [-0.3, -0.25) is 19.3 Å². The van der Waals surface area contributed by atoms with E-state index < -0.39 is 58.8 Å². The first kappa shape index (κ1) is 36.5. The Labute approximate surface area is 291 Å². The Kier molecular flexibility index (Phi) is 10.4. The fourth-order valence-corrected chi connectivity index (χ4v) is 5.76. The van der Waals surface area contributed by atoms with Crippen molar-refractivity contribution < 1.29 is 41.5 Å². The summed E-state index contributed by atoms with van der Waals surface area (Å²) in [5.41, 5.74) is -0.516. The first-order valence-electron chi connectivity index (χ1n) is 16.0. The van der Waals surface area contributed by atoms with E-state index in [2.05, 4.69) is 10.6 Å². The van der Waals surface area contributed by atoms with Crippen molar-refractivity contribution in [1.82, 2.24) is 20.4 Å². The predicted octanol–water partition coefficient (Wildman–Crippen LogP) is 5.84. The zero-order valence-corrected chi connectivity index (χ0v) is 28.1. The predicted molar refractivity (Wildman–Crippen MR) is 179 cm³/mol. The molecule has 10 nitrogen and oxygen atoms in total. The van der Waals surface area contributed by atoms with Gasteiger partial charge in [0.2, 0.25) is 5.91 Å². The molecule has 0 unspecified atom stereocenters. The number of fused-ring (bicyclic) bond motifs is 1. The number of para-hydroxylation sites is 1. The van der Waals surface area contributed by atoms with Gasteiger partial charge in [0.25, 0.3) is 11.8 Å². The van der Waals surface area contributed by atoms with Gasteiger partial charge in [0.1, 0.15) is 23.3 Å². The summed E-state index contributed by atoms with van der Waals surface area (Å²) in [6.07, 6.45) is -2.72. The minimum atomic E-state index is -4.71. The van der Waals surface area contributed by atoms with Gasteiger partial charge < -0.3 is 15.4 Å². The summed E-state index contributed by atoms with van der Waals surface area (Å²) in [5, 5.41) is 10.1. The molecule has 0 radical (unpaired) electrons. The van der Waals surface area contributed by atoms with E-state index in [9.17, 15) is 36.7 Å². The van der Waals surface area contributed by atoms with E-state index >= 15 is 0 Å². The summed E-state index contributed by atoms with van der Waals surface area (Å²) in [6, 6.07) is 16.5. The molecular formula is C37H35F4N5O5. The summed E-state index contributed by atoms with van der Waals surface area (Å²) in [7, 11) is 0. The molecule has 3 aromatic carbocycles. The third-order valence-electron chi connectivity index (χ3n) is 7.90. The highest BCUT2D eigenvalue weighted by atomic mass is 19.4. The molecule has 3 amide bonds. The van der Waals surface area contributed by atoms with Crippen LogP contribution in [-0.2, 0) is 31.8 Å². The minimum absolute atomic E-state index is 0.0981. The molecule has 1 aromatic heterocycles. The van der Waals surface area contributed by atoms with E-state index in [0.717, 1.165) is 24.3 Å². The minimum Gasteiger partial charge on any atom is -0.457 e. The summed E-state index contributed by atoms with van der Waals surface area (Å²) in [6.45, 7) is 6.64. The van der Waals surface area contributed by atoms with E-state index in [0.29, 0.717) is 28.7 Å². The number of carbonyl (C=O) groups excluding carboxylic acids is 4. The van der Waals surface area contributed by atoms with Gasteiger partial charge in [-0.25, -0.2) is 13.9 Å². The molecule has 1 aliphatic rings. The van der Waals surface area contributed by atoms with Crippen molar-refractivity contribution in [2.45, 2.75) is 58.0 Å². The number of likely N-dealkylation sites (N-methyl/N-ethyl adjacent to an activating group) is 1. The lowest BCUT2D eigenvalue weighted by atomic mass is 9.80. The van der Waals surface area contributed by atoms with E-state index in [1.54, 1.807) is 58.0 Å². The van der Waals surface area contributed by atoms with Crippen LogP contribution in [0.2, 0.25) is 0 Å². The lowest BCUT2D eigenvalue weighted by Gasteiger charge is -2.38. The monoisotopic (exact) mass is 705 g/mol. The maximum absolute atomic E-state index is 14.4. The van der Waals surface area contributed by atoms with E-state index in [-0.39, 0.29) is 24.3 Å². The average molecular weight is 706 g/mol. The van der Waals surface area contributed by atoms with Crippen LogP contribution >= 0.6 is 0 Å². The molecule has 0 fully saturated rings. The lowest BCUT2D eigenvalue weighted by molar-refractivity contribution is -0.148. The first-order valence-corrected chi connectivity index (χ1v) is 16.0. The average Bonchev–Trinajstić information content (AvgIpc) is 3.45. The fourth-order valence-electron chi connectivity index (χ4n) is 5.76. The molecule has 14 heteroatoms. The van der Waals surface area contributed by atoms with Crippen LogP contribution in [0.15, 0.2) is 91.0 Å². The number of benzene rings is 3. The van der Waals surface area contributed by atoms with Crippen LogP contribution in [0.3, 0.4) is 0 Å². The third kappa shape index (κ3) is 8.34. The van der Waals surface area contributed by atoms with Crippen LogP contribution in [0.5, 0.6) is 0 Å². The van der Waals surface area contributed by atoms with Crippen molar-refractivity contribution in [1.29, 1.82) is 0 Å². The number of alkyl halides is 3. The van der Waals surface area contributed by atoms with Crippen LogP contribution in [-0.4, -0.2) is 51.7 Å². The first-order chi connectivity index (χ1) is 24.1. The van der Waals surface area contributed by atoms with Crippen LogP contribution in [0.1, 0.15) is 66.4 Å². The third-order valence-corrected chi connectivity index (χ3v) is 7.90. The smallest absolute Gasteiger partial charge is 0.416 e. The van der Waals surface area contributed by atoms with E-state index in [1.807, 2.05) is 0 Å². The number of nitrogens with zero attached hydrogens (tertiary/aromatic N) is 3. The second-order valence-electron chi connectivity index (χ2n) is 12.7. The summed E-state index contributed by atoms with van der Waals surface area (Å²) < 4.78 is 61.5. The van der Waals surface area contributed by atoms with Crippen molar-refractivity contribution in [3.63, 3.8) is 0 Å². The Bertz CT molecular complexity index is 1970. The highest BCUT2D eigenvalue weighted by Crippen LogP contribution is 2.44. The molecule has 266 valence electrons. The second-order valence-corrected chi connectivity index (χ2v) is 12.7. The van der Waals surface area contributed by atoms with Gasteiger partial charge in [-0.15, -0.1) is 0 Å². The summed E-state index contributed by atoms with van der Waals surface area (Å²) in [5.74, 6) is -4.19. The standard InChI is InChI=1S/C37H35F4N5O5/c1-5-45-34-31(27(44-46(34)26-12-7-6-8-13-26)21-42-28(47)18-19-29(48)51-36(2,3)4)30(22-14-16-25(38)17-15-22)32(35(45)50)43-33(49)23-10-9-11-24(20-23)37(39,40)41/h6-20,30,32H,5,21H2,1-4H3,(H,42,47)(H,43,49)/b19-18+/t30-,32-/m0/s1. The van der Waals surface area contributed by atoms with E-state index in [4.69, 9.17) is 9.84 Å². The van der Waals surface area contributed by atoms with Crippen LogP contribution in [0.25, 0.3) is 5.69 Å². The van der Waals surface area contributed by atoms with Gasteiger partial charge in [-0.05, 0) is 75.7 Å². The van der Waals surface area contributed by atoms with Crippen molar-refractivity contribution in [3.8, 4) is 5.69 Å². The molecule has 2 atom stereocenters. The summed E-state index contributed by atoms with van der Waals surface area (Å²) >= 11 is 0. The number of hydrogen-bond donors (Lipinski definition) is 2. The molecule has 0 saturated heterocycles. The Morgan fingerprint density at radius 2 is 1.63 bits per heavy atom. The van der Waals surface area contributed by atoms with E-state index in [1.165, 1.54) is 39.9 Å². The number of anilines is 1. The number of carbonyl (C=O) groups is 4. The Balaban J connectivity index is 1.62. The number of rotatable bonds is 9. The molecule has 0 aliphatic carbocycles. The van der Waals surface area contributed by atoms with Crippen molar-refractivity contribution in [2.24, 2.45) is 0 Å². The largest absolute Gasteiger partial charge is 0.457 e. The number of ether oxygens (including phenoxy) is 1. The number of amides is 3. The molecule has 2 N–H and O–H groups in total. The lowest BCUT2D eigenvalue weighted by Crippen LogP contribution is -2.55. The zero-order valence-electron chi connectivity index (χ0n) is 28.1.